The van der Waals surface area contributed by atoms with Crippen molar-refractivity contribution in [1.29, 1.82) is 0 Å². The van der Waals surface area contributed by atoms with Crippen LogP contribution in [0.1, 0.15) is 57.2 Å². The Morgan fingerprint density at radius 1 is 1.09 bits per heavy atom. The maximum Gasteiger partial charge on any atom is 0.214 e. The highest BCUT2D eigenvalue weighted by molar-refractivity contribution is 5.90. The van der Waals surface area contributed by atoms with Gasteiger partial charge in [0.2, 0.25) is 11.7 Å². The van der Waals surface area contributed by atoms with Crippen molar-refractivity contribution >= 4 is 22.8 Å². The first-order chi connectivity index (χ1) is 21.6. The number of ketones is 1. The van der Waals surface area contributed by atoms with E-state index in [1.807, 2.05) is 48.1 Å². The second-order valence-electron chi connectivity index (χ2n) is 14.2. The molecule has 7 nitrogen and oxygen atoms in total. The molecule has 4 aliphatic carbocycles. The second kappa shape index (κ2) is 10.1. The fraction of sp³-hybridized carbons (Fsp3) is 0.432. The number of halogens is 1. The lowest BCUT2D eigenvalue weighted by Crippen LogP contribution is -2.62. The number of allylic oxidation sites excluding steroid dienone is 1. The van der Waals surface area contributed by atoms with Gasteiger partial charge >= 0.3 is 0 Å². The number of ether oxygens (including phenoxy) is 1. The summed E-state index contributed by atoms with van der Waals surface area (Å²) in [6, 6.07) is 17.8. The van der Waals surface area contributed by atoms with Crippen LogP contribution in [-0.4, -0.2) is 49.1 Å². The van der Waals surface area contributed by atoms with Crippen LogP contribution in [0.25, 0.3) is 22.7 Å². The van der Waals surface area contributed by atoms with E-state index >= 15 is 0 Å². The number of aliphatic hydroxyl groups is 2. The zero-order chi connectivity index (χ0) is 31.1. The Bertz CT molecular complexity index is 1850. The monoisotopic (exact) mass is 607 g/mol. The van der Waals surface area contributed by atoms with Gasteiger partial charge < -0.3 is 14.9 Å². The number of benzene rings is 2. The molecule has 8 heteroatoms. The largest absolute Gasteiger partial charge is 0.470 e. The molecule has 2 aromatic carbocycles. The molecule has 0 bridgehead atoms. The van der Waals surface area contributed by atoms with Crippen molar-refractivity contribution in [3.05, 3.63) is 89.5 Å². The fourth-order valence-corrected chi connectivity index (χ4v) is 9.82. The Morgan fingerprint density at radius 3 is 2.71 bits per heavy atom. The number of rotatable bonds is 5. The van der Waals surface area contributed by atoms with E-state index in [0.29, 0.717) is 18.7 Å². The molecule has 4 aliphatic rings. The maximum absolute atomic E-state index is 13.8. The van der Waals surface area contributed by atoms with Crippen LogP contribution in [0.4, 0.5) is 4.39 Å². The van der Waals surface area contributed by atoms with Gasteiger partial charge in [0, 0.05) is 16.9 Å². The van der Waals surface area contributed by atoms with Crippen molar-refractivity contribution in [1.82, 2.24) is 14.8 Å². The van der Waals surface area contributed by atoms with E-state index in [2.05, 4.69) is 23.1 Å². The number of aromatic nitrogens is 3. The van der Waals surface area contributed by atoms with E-state index in [1.54, 1.807) is 18.2 Å². The summed E-state index contributed by atoms with van der Waals surface area (Å²) < 4.78 is 21.3. The van der Waals surface area contributed by atoms with Crippen LogP contribution in [0, 0.1) is 34.4 Å². The summed E-state index contributed by atoms with van der Waals surface area (Å²) in [6.07, 6.45) is 7.47. The lowest BCUT2D eigenvalue weighted by molar-refractivity contribution is -0.180. The van der Waals surface area contributed by atoms with Gasteiger partial charge in [0.25, 0.3) is 0 Å². The lowest BCUT2D eigenvalue weighted by atomic mass is 9.45. The van der Waals surface area contributed by atoms with Crippen LogP contribution in [0.3, 0.4) is 0 Å². The van der Waals surface area contributed by atoms with Crippen molar-refractivity contribution < 1.29 is 24.1 Å². The van der Waals surface area contributed by atoms with Crippen LogP contribution in [0.15, 0.2) is 72.4 Å². The second-order valence-corrected chi connectivity index (χ2v) is 14.2. The molecule has 3 saturated carbocycles. The van der Waals surface area contributed by atoms with Crippen molar-refractivity contribution in [2.24, 2.45) is 28.6 Å². The van der Waals surface area contributed by atoms with Crippen molar-refractivity contribution in [2.45, 2.75) is 64.1 Å². The summed E-state index contributed by atoms with van der Waals surface area (Å²) >= 11 is 0. The number of hydrogen-bond donors (Lipinski definition) is 2. The van der Waals surface area contributed by atoms with Gasteiger partial charge in [0.1, 0.15) is 11.4 Å². The molecule has 8 rings (SSSR count). The molecule has 7 atom stereocenters. The molecule has 0 radical (unpaired) electrons. The van der Waals surface area contributed by atoms with Crippen LogP contribution < -0.4 is 4.74 Å². The average Bonchev–Trinajstić information content (AvgIpc) is 3.55. The zero-order valence-electron chi connectivity index (χ0n) is 25.6. The molecule has 2 heterocycles. The van der Waals surface area contributed by atoms with Crippen LogP contribution in [0.2, 0.25) is 0 Å². The summed E-state index contributed by atoms with van der Waals surface area (Å²) in [6.45, 7) is 4.02. The van der Waals surface area contributed by atoms with Crippen molar-refractivity contribution in [2.75, 3.05) is 6.61 Å². The minimum atomic E-state index is -1.58. The molecule has 0 saturated heterocycles. The third-order valence-electron chi connectivity index (χ3n) is 12.0. The summed E-state index contributed by atoms with van der Waals surface area (Å²) in [5.74, 6) is 0.0322. The summed E-state index contributed by atoms with van der Waals surface area (Å²) in [4.78, 5) is 18.3. The highest BCUT2D eigenvalue weighted by Crippen LogP contribution is 2.67. The normalized spacial score (nSPS) is 33.5. The number of hydrogen-bond acceptors (Lipinski definition) is 6. The Labute approximate surface area is 261 Å². The highest BCUT2D eigenvalue weighted by atomic mass is 19.1. The number of para-hydroxylation sites is 1. The molecule has 0 aliphatic heterocycles. The van der Waals surface area contributed by atoms with E-state index in [0.717, 1.165) is 53.5 Å². The molecule has 4 aromatic rings. The molecule has 2 aromatic heterocycles. The Balaban J connectivity index is 1.04. The van der Waals surface area contributed by atoms with Gasteiger partial charge in [-0.3, -0.25) is 4.79 Å². The highest BCUT2D eigenvalue weighted by Gasteiger charge is 2.68. The molecular weight excluding hydrogens is 569 g/mol. The van der Waals surface area contributed by atoms with Crippen LogP contribution >= 0.6 is 0 Å². The quantitative estimate of drug-likeness (QED) is 0.285. The maximum atomic E-state index is 13.8. The minimum Gasteiger partial charge on any atom is -0.470 e. The Hall–Kier alpha value is -3.88. The summed E-state index contributed by atoms with van der Waals surface area (Å²) in [5.41, 5.74) is 2.45. The van der Waals surface area contributed by atoms with Gasteiger partial charge in [-0.15, -0.1) is 0 Å². The number of Topliss-reactive ketones (excluding diaryl/α,β-unsaturated/α-hetero) is 1. The lowest BCUT2D eigenvalue weighted by Gasteiger charge is -2.60. The SMILES string of the molecule is C[C@]12Cc3cnn(-c4ccc(F)cc4)c3C=C1CC[C@@H]1[C@@H]2[C@@H](O)C[C@@]2(C)[C@H]1CC[C@]2(O)C(=O)COc1ccc2ccccc2n1. The van der Waals surface area contributed by atoms with Crippen molar-refractivity contribution in [3.8, 4) is 11.6 Å². The number of nitrogens with zero attached hydrogens (tertiary/aromatic N) is 3. The summed E-state index contributed by atoms with van der Waals surface area (Å²) in [7, 11) is 0. The molecule has 232 valence electrons. The molecule has 3 fully saturated rings. The topological polar surface area (TPSA) is 97.5 Å². The van der Waals surface area contributed by atoms with Gasteiger partial charge in [-0.05, 0) is 110 Å². The van der Waals surface area contributed by atoms with Gasteiger partial charge in [0.05, 0.1) is 29.2 Å². The first kappa shape index (κ1) is 28.6. The van der Waals surface area contributed by atoms with E-state index in [9.17, 15) is 19.4 Å². The zero-order valence-corrected chi connectivity index (χ0v) is 25.6. The van der Waals surface area contributed by atoms with Crippen molar-refractivity contribution in [3.63, 3.8) is 0 Å². The molecule has 0 amide bonds. The Morgan fingerprint density at radius 2 is 1.89 bits per heavy atom. The number of carbonyl (C=O) groups excluding carboxylic acids is 1. The summed E-state index contributed by atoms with van der Waals surface area (Å²) in [5, 5.41) is 29.7. The van der Waals surface area contributed by atoms with Gasteiger partial charge in [0.15, 0.2) is 6.61 Å². The fourth-order valence-electron chi connectivity index (χ4n) is 9.82. The molecule has 45 heavy (non-hydrogen) atoms. The first-order valence-corrected chi connectivity index (χ1v) is 16.1. The third kappa shape index (κ3) is 4.18. The minimum absolute atomic E-state index is 0.00778. The first-order valence-electron chi connectivity index (χ1n) is 16.1. The molecule has 0 spiro atoms. The number of fused-ring (bicyclic) bond motifs is 7. The molecule has 2 N–H and O–H groups in total. The van der Waals surface area contributed by atoms with E-state index < -0.39 is 17.1 Å². The predicted molar refractivity (Wildman–Crippen MR) is 168 cm³/mol. The van der Waals surface area contributed by atoms with E-state index in [1.165, 1.54) is 17.7 Å². The number of pyridine rings is 1. The van der Waals surface area contributed by atoms with Gasteiger partial charge in [-0.1, -0.05) is 37.6 Å². The van der Waals surface area contributed by atoms with E-state index in [-0.39, 0.29) is 41.4 Å². The number of carbonyl (C=O) groups is 1. The third-order valence-corrected chi connectivity index (χ3v) is 12.0. The van der Waals surface area contributed by atoms with Crippen LogP contribution in [-0.2, 0) is 11.2 Å². The number of aliphatic hydroxyl groups excluding tert-OH is 1. The van der Waals surface area contributed by atoms with Gasteiger partial charge in [-0.25, -0.2) is 14.1 Å². The molecular formula is C37H38FN3O4. The predicted octanol–water partition coefficient (Wildman–Crippen LogP) is 6.09. The van der Waals surface area contributed by atoms with Crippen LogP contribution in [0.5, 0.6) is 5.88 Å². The smallest absolute Gasteiger partial charge is 0.214 e. The standard InChI is InChI=1S/C37H38FN3O4/c1-35-18-23-20-39-41(26-11-9-25(38)10-12-26)30(23)17-24(35)8-13-27-28-15-16-37(44,36(28,2)19-31(42)34(27)35)32(43)21-45-33-14-7-22-5-3-4-6-29(22)40-33/h3-7,9-12,14,17,20,27-28,31,34,42,44H,8,13,15-16,18-19,21H2,1-2H3/t27-,28-,31-,34+,35-,36-,37-/m0/s1. The van der Waals surface area contributed by atoms with E-state index in [4.69, 9.17) is 4.74 Å². The Kier molecular flexibility index (Phi) is 6.39. The average molecular weight is 608 g/mol. The van der Waals surface area contributed by atoms with Gasteiger partial charge in [-0.2, -0.15) is 5.10 Å². The molecule has 0 unspecified atom stereocenters.